The van der Waals surface area contributed by atoms with E-state index < -0.39 is 0 Å². The van der Waals surface area contributed by atoms with Gasteiger partial charge in [-0.15, -0.1) is 5.10 Å². The second kappa shape index (κ2) is 6.12. The summed E-state index contributed by atoms with van der Waals surface area (Å²) in [6.45, 7) is -0.222. The lowest BCUT2D eigenvalue weighted by Crippen LogP contribution is -2.30. The quantitative estimate of drug-likeness (QED) is 0.620. The summed E-state index contributed by atoms with van der Waals surface area (Å²) >= 11 is 0. The van der Waals surface area contributed by atoms with Crippen LogP contribution in [-0.4, -0.2) is 25.9 Å². The summed E-state index contributed by atoms with van der Waals surface area (Å²) in [6.07, 6.45) is 1.66. The molecule has 2 aromatic carbocycles. The Bertz CT molecular complexity index is 1150. The van der Waals surface area contributed by atoms with Crippen LogP contribution >= 0.6 is 0 Å². The number of hydrogen-bond donors (Lipinski definition) is 1. The van der Waals surface area contributed by atoms with Crippen LogP contribution in [0.4, 0.5) is 5.69 Å². The van der Waals surface area contributed by atoms with Crippen LogP contribution < -0.4 is 10.9 Å². The standard InChI is InChI=1S/C18H13N5O2/c24-16(20-15-9-3-5-12-6-4-10-19-17(12)15)11-23-18(25)13-7-1-2-8-14(13)21-22-23/h1-10H,11H2,(H,20,24). The largest absolute Gasteiger partial charge is 0.323 e. The predicted octanol–water partition coefficient (Wildman–Crippen LogP) is 1.98. The van der Waals surface area contributed by atoms with E-state index in [0.29, 0.717) is 22.1 Å². The minimum atomic E-state index is -0.371. The summed E-state index contributed by atoms with van der Waals surface area (Å²) in [5.74, 6) is -0.371. The summed E-state index contributed by atoms with van der Waals surface area (Å²) < 4.78 is 1.05. The molecule has 0 saturated carbocycles. The van der Waals surface area contributed by atoms with Crippen LogP contribution in [0.5, 0.6) is 0 Å². The maximum absolute atomic E-state index is 12.4. The van der Waals surface area contributed by atoms with E-state index in [0.717, 1.165) is 10.1 Å². The molecule has 2 aromatic heterocycles. The molecule has 25 heavy (non-hydrogen) atoms. The fraction of sp³-hybridized carbons (Fsp3) is 0.0556. The van der Waals surface area contributed by atoms with Crippen molar-refractivity contribution in [2.45, 2.75) is 6.54 Å². The molecular formula is C18H13N5O2. The van der Waals surface area contributed by atoms with Crippen molar-refractivity contribution in [3.05, 3.63) is 71.1 Å². The zero-order chi connectivity index (χ0) is 17.2. The van der Waals surface area contributed by atoms with Gasteiger partial charge in [0.1, 0.15) is 12.1 Å². The highest BCUT2D eigenvalue weighted by atomic mass is 16.2. The van der Waals surface area contributed by atoms with Gasteiger partial charge in [-0.05, 0) is 24.3 Å². The van der Waals surface area contributed by atoms with Gasteiger partial charge in [-0.3, -0.25) is 14.6 Å². The van der Waals surface area contributed by atoms with Crippen LogP contribution in [0.15, 0.2) is 65.6 Å². The maximum Gasteiger partial charge on any atom is 0.278 e. The van der Waals surface area contributed by atoms with Crippen molar-refractivity contribution in [2.75, 3.05) is 5.32 Å². The molecule has 7 nitrogen and oxygen atoms in total. The molecule has 1 N–H and O–H groups in total. The third kappa shape index (κ3) is 2.83. The molecule has 0 atom stereocenters. The van der Waals surface area contributed by atoms with Crippen LogP contribution in [-0.2, 0) is 11.3 Å². The minimum absolute atomic E-state index is 0.222. The van der Waals surface area contributed by atoms with Gasteiger partial charge < -0.3 is 5.32 Å². The van der Waals surface area contributed by atoms with Gasteiger partial charge in [0.15, 0.2) is 0 Å². The fourth-order valence-electron chi connectivity index (χ4n) is 2.66. The number of carbonyl (C=O) groups excluding carboxylic acids is 1. The Morgan fingerprint density at radius 1 is 1.04 bits per heavy atom. The van der Waals surface area contributed by atoms with Gasteiger partial charge in [-0.25, -0.2) is 4.68 Å². The number of nitrogens with one attached hydrogen (secondary N) is 1. The smallest absolute Gasteiger partial charge is 0.278 e. The van der Waals surface area contributed by atoms with Crippen molar-refractivity contribution in [1.82, 2.24) is 20.0 Å². The van der Waals surface area contributed by atoms with Crippen molar-refractivity contribution >= 4 is 33.4 Å². The van der Waals surface area contributed by atoms with E-state index in [1.807, 2.05) is 24.3 Å². The number of rotatable bonds is 3. The molecule has 0 aliphatic carbocycles. The van der Waals surface area contributed by atoms with Gasteiger partial charge >= 0.3 is 0 Å². The van der Waals surface area contributed by atoms with Gasteiger partial charge in [0.2, 0.25) is 5.91 Å². The summed E-state index contributed by atoms with van der Waals surface area (Å²) in [7, 11) is 0. The van der Waals surface area contributed by atoms with Gasteiger partial charge in [-0.2, -0.15) is 0 Å². The van der Waals surface area contributed by atoms with E-state index in [-0.39, 0.29) is 18.0 Å². The number of fused-ring (bicyclic) bond motifs is 2. The molecule has 0 aliphatic rings. The highest BCUT2D eigenvalue weighted by Crippen LogP contribution is 2.20. The molecule has 0 bridgehead atoms. The molecule has 7 heteroatoms. The van der Waals surface area contributed by atoms with Crippen molar-refractivity contribution in [3.8, 4) is 0 Å². The zero-order valence-electron chi connectivity index (χ0n) is 13.1. The van der Waals surface area contributed by atoms with E-state index in [1.54, 1.807) is 36.5 Å². The molecule has 2 heterocycles. The molecule has 0 radical (unpaired) electrons. The molecule has 0 aliphatic heterocycles. The first-order valence-electron chi connectivity index (χ1n) is 7.68. The molecule has 0 saturated heterocycles. The third-order valence-corrected chi connectivity index (χ3v) is 3.83. The summed E-state index contributed by atoms with van der Waals surface area (Å²) in [6, 6.07) is 16.2. The highest BCUT2D eigenvalue weighted by molar-refractivity contribution is 6.00. The fourth-order valence-corrected chi connectivity index (χ4v) is 2.66. The Kier molecular flexibility index (Phi) is 3.66. The monoisotopic (exact) mass is 331 g/mol. The van der Waals surface area contributed by atoms with Crippen LogP contribution in [0.3, 0.4) is 0 Å². The van der Waals surface area contributed by atoms with Crippen molar-refractivity contribution in [3.63, 3.8) is 0 Å². The Morgan fingerprint density at radius 2 is 1.88 bits per heavy atom. The molecule has 122 valence electrons. The second-order valence-corrected chi connectivity index (χ2v) is 5.50. The summed E-state index contributed by atoms with van der Waals surface area (Å²) in [5, 5.41) is 11.9. The Labute approximate surface area is 141 Å². The molecule has 4 rings (SSSR count). The van der Waals surface area contributed by atoms with E-state index in [2.05, 4.69) is 20.6 Å². The number of pyridine rings is 1. The number of para-hydroxylation sites is 1. The maximum atomic E-state index is 12.4. The number of carbonyl (C=O) groups is 1. The first-order valence-corrected chi connectivity index (χ1v) is 7.68. The number of nitrogens with zero attached hydrogens (tertiary/aromatic N) is 4. The Hall–Kier alpha value is -3.61. The number of hydrogen-bond acceptors (Lipinski definition) is 5. The molecule has 0 spiro atoms. The van der Waals surface area contributed by atoms with Crippen molar-refractivity contribution < 1.29 is 4.79 Å². The normalized spacial score (nSPS) is 10.9. The number of anilines is 1. The molecule has 1 amide bonds. The Morgan fingerprint density at radius 3 is 2.80 bits per heavy atom. The third-order valence-electron chi connectivity index (χ3n) is 3.83. The summed E-state index contributed by atoms with van der Waals surface area (Å²) in [4.78, 5) is 29.0. The SMILES string of the molecule is O=C(Cn1nnc2ccccc2c1=O)Nc1cccc2cccnc12. The number of amides is 1. The van der Waals surface area contributed by atoms with Gasteiger partial charge in [0, 0.05) is 11.6 Å². The van der Waals surface area contributed by atoms with Gasteiger partial charge in [-0.1, -0.05) is 35.5 Å². The predicted molar refractivity (Wildman–Crippen MR) is 94.2 cm³/mol. The zero-order valence-corrected chi connectivity index (χ0v) is 13.1. The molecular weight excluding hydrogens is 318 g/mol. The van der Waals surface area contributed by atoms with Crippen LogP contribution in [0.1, 0.15) is 0 Å². The van der Waals surface area contributed by atoms with E-state index >= 15 is 0 Å². The highest BCUT2D eigenvalue weighted by Gasteiger charge is 2.11. The van der Waals surface area contributed by atoms with Gasteiger partial charge in [0.25, 0.3) is 5.56 Å². The lowest BCUT2D eigenvalue weighted by Gasteiger charge is -2.08. The number of aromatic nitrogens is 4. The van der Waals surface area contributed by atoms with Crippen LogP contribution in [0.25, 0.3) is 21.8 Å². The van der Waals surface area contributed by atoms with E-state index in [1.165, 1.54) is 0 Å². The van der Waals surface area contributed by atoms with E-state index in [4.69, 9.17) is 0 Å². The molecule has 0 fully saturated rings. The topological polar surface area (TPSA) is 89.8 Å². The first kappa shape index (κ1) is 14.9. The lowest BCUT2D eigenvalue weighted by atomic mass is 10.2. The summed E-state index contributed by atoms with van der Waals surface area (Å²) in [5.41, 5.74) is 1.43. The van der Waals surface area contributed by atoms with E-state index in [9.17, 15) is 9.59 Å². The molecule has 4 aromatic rings. The van der Waals surface area contributed by atoms with Crippen molar-refractivity contribution in [1.29, 1.82) is 0 Å². The lowest BCUT2D eigenvalue weighted by molar-refractivity contribution is -0.117. The van der Waals surface area contributed by atoms with Crippen molar-refractivity contribution in [2.24, 2.45) is 0 Å². The van der Waals surface area contributed by atoms with Gasteiger partial charge in [0.05, 0.1) is 16.6 Å². The average molecular weight is 331 g/mol. The Balaban J connectivity index is 1.62. The minimum Gasteiger partial charge on any atom is -0.323 e. The second-order valence-electron chi connectivity index (χ2n) is 5.50. The first-order chi connectivity index (χ1) is 12.2. The number of benzene rings is 2. The van der Waals surface area contributed by atoms with Crippen LogP contribution in [0, 0.1) is 0 Å². The average Bonchev–Trinajstić information content (AvgIpc) is 2.65. The van der Waals surface area contributed by atoms with Crippen LogP contribution in [0.2, 0.25) is 0 Å². The molecule has 0 unspecified atom stereocenters.